The molecule has 0 heterocycles. The fraction of sp³-hybridized carbons (Fsp3) is 0.438. The largest absolute Gasteiger partial charge is 0.335 e. The topological polar surface area (TPSA) is 90.5 Å². The molecule has 24 heavy (non-hydrogen) atoms. The van der Waals surface area contributed by atoms with Gasteiger partial charge < -0.3 is 10.6 Å². The summed E-state index contributed by atoms with van der Waals surface area (Å²) in [6, 6.07) is 7.23. The van der Waals surface area contributed by atoms with Gasteiger partial charge >= 0.3 is 6.03 Å². The van der Waals surface area contributed by atoms with E-state index in [9.17, 15) is 14.4 Å². The molecule has 1 fully saturated rings. The van der Waals surface area contributed by atoms with Gasteiger partial charge in [0.25, 0.3) is 0 Å². The van der Waals surface area contributed by atoms with Crippen molar-refractivity contribution in [3.63, 3.8) is 0 Å². The predicted molar refractivity (Wildman–Crippen MR) is 94.0 cm³/mol. The van der Waals surface area contributed by atoms with Crippen molar-refractivity contribution in [3.8, 4) is 0 Å². The first-order valence-electron chi connectivity index (χ1n) is 7.69. The number of rotatable bonds is 7. The lowest BCUT2D eigenvalue weighted by molar-refractivity contribution is -0.122. The number of benzene rings is 1. The third-order valence-corrected chi connectivity index (χ3v) is 4.17. The number of amides is 4. The van der Waals surface area contributed by atoms with Crippen LogP contribution in [0.4, 0.5) is 10.5 Å². The third kappa shape index (κ3) is 6.21. The summed E-state index contributed by atoms with van der Waals surface area (Å²) < 4.78 is 0. The fourth-order valence-electron chi connectivity index (χ4n) is 2.10. The number of nitrogens with one attached hydrogen (secondary N) is 3. The van der Waals surface area contributed by atoms with Gasteiger partial charge in [-0.3, -0.25) is 19.8 Å². The van der Waals surface area contributed by atoms with Gasteiger partial charge in [0, 0.05) is 10.9 Å². The number of thioether (sulfide) groups is 1. The number of carbonyl (C=O) groups is 3. The van der Waals surface area contributed by atoms with Crippen LogP contribution in [-0.2, 0) is 9.59 Å². The Labute approximate surface area is 145 Å². The van der Waals surface area contributed by atoms with E-state index in [0.717, 1.165) is 23.4 Å². The lowest BCUT2D eigenvalue weighted by atomic mass is 10.3. The van der Waals surface area contributed by atoms with Gasteiger partial charge in [0.05, 0.1) is 18.8 Å². The number of hydrogen-bond acceptors (Lipinski definition) is 5. The molecule has 0 saturated heterocycles. The molecule has 3 N–H and O–H groups in total. The van der Waals surface area contributed by atoms with Crippen LogP contribution in [0.5, 0.6) is 0 Å². The Morgan fingerprint density at radius 2 is 1.83 bits per heavy atom. The van der Waals surface area contributed by atoms with Gasteiger partial charge in [-0.25, -0.2) is 4.79 Å². The van der Waals surface area contributed by atoms with E-state index >= 15 is 0 Å². The molecule has 0 unspecified atom stereocenters. The highest BCUT2D eigenvalue weighted by Crippen LogP contribution is 2.24. The van der Waals surface area contributed by atoms with Gasteiger partial charge in [-0.05, 0) is 38.3 Å². The van der Waals surface area contributed by atoms with E-state index in [1.54, 1.807) is 23.7 Å². The molecule has 0 aromatic heterocycles. The van der Waals surface area contributed by atoms with Crippen LogP contribution in [0, 0.1) is 0 Å². The second-order valence-corrected chi connectivity index (χ2v) is 6.56. The number of likely N-dealkylation sites (N-methyl/N-ethyl adjacent to an activating group) is 1. The van der Waals surface area contributed by atoms with Crippen molar-refractivity contribution in [3.05, 3.63) is 24.3 Å². The van der Waals surface area contributed by atoms with Crippen LogP contribution in [0.2, 0.25) is 0 Å². The average Bonchev–Trinajstić information content (AvgIpc) is 3.30. The average molecular weight is 350 g/mol. The molecule has 1 aromatic rings. The lowest BCUT2D eigenvalue weighted by Gasteiger charge is -2.16. The maximum atomic E-state index is 12.1. The van der Waals surface area contributed by atoms with E-state index in [0.29, 0.717) is 0 Å². The van der Waals surface area contributed by atoms with E-state index in [1.807, 2.05) is 30.5 Å². The number of urea groups is 1. The molecule has 0 radical (unpaired) electrons. The number of anilines is 1. The Morgan fingerprint density at radius 3 is 2.50 bits per heavy atom. The predicted octanol–water partition coefficient (Wildman–Crippen LogP) is 1.27. The summed E-state index contributed by atoms with van der Waals surface area (Å²) in [6.07, 6.45) is 3.85. The zero-order chi connectivity index (χ0) is 17.5. The molecule has 2 rings (SSSR count). The minimum atomic E-state index is -0.478. The molecule has 7 nitrogen and oxygen atoms in total. The van der Waals surface area contributed by atoms with Crippen molar-refractivity contribution in [1.29, 1.82) is 0 Å². The Kier molecular flexibility index (Phi) is 6.62. The molecule has 1 aromatic carbocycles. The van der Waals surface area contributed by atoms with Crippen LogP contribution in [0.15, 0.2) is 29.2 Å². The summed E-state index contributed by atoms with van der Waals surface area (Å²) in [5.41, 5.74) is 0.747. The summed E-state index contributed by atoms with van der Waals surface area (Å²) >= 11 is 1.55. The van der Waals surface area contributed by atoms with Gasteiger partial charge in [-0.15, -0.1) is 11.8 Å². The standard InChI is InChI=1S/C16H22N4O3S/c1-20(10-15(22)19-16(23)17-11-7-8-11)9-14(21)18-12-5-3-4-6-13(12)24-2/h3-6,11H,7-10H2,1-2H3,(H,18,21)(H2,17,19,22,23). The maximum absolute atomic E-state index is 12.1. The Bertz CT molecular complexity index is 619. The molecule has 1 aliphatic rings. The van der Waals surface area contributed by atoms with Crippen LogP contribution in [0.3, 0.4) is 0 Å². The van der Waals surface area contributed by atoms with E-state index in [-0.39, 0.29) is 25.0 Å². The van der Waals surface area contributed by atoms with Crippen molar-refractivity contribution in [2.75, 3.05) is 31.7 Å². The van der Waals surface area contributed by atoms with Crippen LogP contribution in [-0.4, -0.2) is 55.2 Å². The fourth-order valence-corrected chi connectivity index (χ4v) is 2.65. The van der Waals surface area contributed by atoms with Crippen molar-refractivity contribution < 1.29 is 14.4 Å². The first kappa shape index (κ1) is 18.3. The van der Waals surface area contributed by atoms with Crippen LogP contribution in [0.25, 0.3) is 0 Å². The number of para-hydroxylation sites is 1. The van der Waals surface area contributed by atoms with E-state index in [1.165, 1.54) is 0 Å². The molecule has 4 amide bonds. The van der Waals surface area contributed by atoms with Crippen LogP contribution >= 0.6 is 11.8 Å². The maximum Gasteiger partial charge on any atom is 0.321 e. The van der Waals surface area contributed by atoms with Crippen molar-refractivity contribution in [2.45, 2.75) is 23.8 Å². The lowest BCUT2D eigenvalue weighted by Crippen LogP contribution is -2.45. The summed E-state index contributed by atoms with van der Waals surface area (Å²) in [4.78, 5) is 37.8. The first-order valence-corrected chi connectivity index (χ1v) is 8.92. The Morgan fingerprint density at radius 1 is 1.17 bits per heavy atom. The normalized spacial score (nSPS) is 13.5. The van der Waals surface area contributed by atoms with Gasteiger partial charge in [-0.2, -0.15) is 0 Å². The minimum Gasteiger partial charge on any atom is -0.335 e. The molecule has 0 spiro atoms. The second-order valence-electron chi connectivity index (χ2n) is 5.72. The first-order chi connectivity index (χ1) is 11.5. The molecule has 0 bridgehead atoms. The second kappa shape index (κ2) is 8.70. The number of hydrogen-bond donors (Lipinski definition) is 3. The van der Waals surface area contributed by atoms with Crippen molar-refractivity contribution >= 4 is 35.3 Å². The smallest absolute Gasteiger partial charge is 0.321 e. The third-order valence-electron chi connectivity index (χ3n) is 3.37. The summed E-state index contributed by atoms with van der Waals surface area (Å²) in [6.45, 7) is 0.0239. The molecule has 130 valence electrons. The van der Waals surface area contributed by atoms with Crippen LogP contribution < -0.4 is 16.0 Å². The molecule has 0 aliphatic heterocycles. The van der Waals surface area contributed by atoms with Crippen LogP contribution in [0.1, 0.15) is 12.8 Å². The summed E-state index contributed by atoms with van der Waals surface area (Å²) in [5.74, 6) is -0.651. The van der Waals surface area contributed by atoms with Gasteiger partial charge in [0.15, 0.2) is 0 Å². The van der Waals surface area contributed by atoms with E-state index < -0.39 is 11.9 Å². The molecular formula is C16H22N4O3S. The van der Waals surface area contributed by atoms with Crippen molar-refractivity contribution in [1.82, 2.24) is 15.5 Å². The molecule has 1 saturated carbocycles. The van der Waals surface area contributed by atoms with Gasteiger partial charge in [-0.1, -0.05) is 12.1 Å². The highest BCUT2D eigenvalue weighted by atomic mass is 32.2. The Hall–Kier alpha value is -2.06. The summed E-state index contributed by atoms with van der Waals surface area (Å²) in [5, 5.41) is 7.76. The monoisotopic (exact) mass is 350 g/mol. The number of nitrogens with zero attached hydrogens (tertiary/aromatic N) is 1. The highest BCUT2D eigenvalue weighted by molar-refractivity contribution is 7.98. The van der Waals surface area contributed by atoms with Gasteiger partial charge in [0.1, 0.15) is 0 Å². The highest BCUT2D eigenvalue weighted by Gasteiger charge is 2.24. The zero-order valence-corrected chi connectivity index (χ0v) is 14.6. The number of carbonyl (C=O) groups excluding carboxylic acids is 3. The zero-order valence-electron chi connectivity index (χ0n) is 13.8. The van der Waals surface area contributed by atoms with Crippen molar-refractivity contribution in [2.24, 2.45) is 0 Å². The summed E-state index contributed by atoms with van der Waals surface area (Å²) in [7, 11) is 1.65. The molecule has 1 aliphatic carbocycles. The van der Waals surface area contributed by atoms with E-state index in [2.05, 4.69) is 16.0 Å². The Balaban J connectivity index is 1.74. The quantitative estimate of drug-likeness (QED) is 0.644. The SMILES string of the molecule is CSc1ccccc1NC(=O)CN(C)CC(=O)NC(=O)NC1CC1. The molecule has 8 heteroatoms. The molecular weight excluding hydrogens is 328 g/mol. The van der Waals surface area contributed by atoms with Gasteiger partial charge in [0.2, 0.25) is 11.8 Å². The van der Waals surface area contributed by atoms with E-state index in [4.69, 9.17) is 0 Å². The minimum absolute atomic E-state index is 0.0321. The number of imide groups is 1. The molecule has 0 atom stereocenters.